The zero-order chi connectivity index (χ0) is 9.14. The maximum absolute atomic E-state index is 2.42. The van der Waals surface area contributed by atoms with Gasteiger partial charge in [0.2, 0.25) is 0 Å². The molecule has 0 N–H and O–H groups in total. The average molecular weight is 274 g/mol. The summed E-state index contributed by atoms with van der Waals surface area (Å²) in [6, 6.07) is 6.69. The highest BCUT2D eigenvalue weighted by Gasteiger charge is 2.01. The third-order valence-corrected chi connectivity index (χ3v) is 2.84. The Kier molecular flexibility index (Phi) is 3.56. The molecule has 0 aliphatic rings. The van der Waals surface area contributed by atoms with Gasteiger partial charge in [-0.3, -0.25) is 0 Å². The lowest BCUT2D eigenvalue weighted by Crippen LogP contribution is -1.96. The van der Waals surface area contributed by atoms with E-state index in [0.29, 0.717) is 0 Å². The van der Waals surface area contributed by atoms with Gasteiger partial charge in [0.15, 0.2) is 0 Å². The van der Waals surface area contributed by atoms with Crippen molar-refractivity contribution in [1.29, 1.82) is 0 Å². The van der Waals surface area contributed by atoms with Crippen molar-refractivity contribution in [3.05, 3.63) is 32.9 Å². The third kappa shape index (κ3) is 2.77. The molecule has 66 valence electrons. The molecule has 0 atom stereocenters. The molecule has 0 spiro atoms. The van der Waals surface area contributed by atoms with E-state index in [2.05, 4.69) is 61.6 Å². The normalized spacial score (nSPS) is 10.8. The largest absolute Gasteiger partial charge is 0.0625 e. The number of hydrogen-bond donors (Lipinski definition) is 0. The summed E-state index contributed by atoms with van der Waals surface area (Å²) in [5.41, 5.74) is 2.84. The highest BCUT2D eigenvalue weighted by atomic mass is 127. The monoisotopic (exact) mass is 274 g/mol. The van der Waals surface area contributed by atoms with Crippen molar-refractivity contribution in [2.45, 2.75) is 27.2 Å². The van der Waals surface area contributed by atoms with Crippen LogP contribution in [0.1, 0.15) is 25.0 Å². The number of benzene rings is 1. The third-order valence-electron chi connectivity index (χ3n) is 1.84. The summed E-state index contributed by atoms with van der Waals surface area (Å²) in [7, 11) is 0. The van der Waals surface area contributed by atoms with Crippen molar-refractivity contribution in [1.82, 2.24) is 0 Å². The number of halogens is 1. The molecule has 0 heterocycles. The molecular formula is C11H15I. The molecule has 0 radical (unpaired) electrons. The number of rotatable bonds is 2. The van der Waals surface area contributed by atoms with E-state index in [4.69, 9.17) is 0 Å². The van der Waals surface area contributed by atoms with Crippen molar-refractivity contribution >= 4 is 22.6 Å². The number of aryl methyl sites for hydroxylation is 1. The summed E-state index contributed by atoms with van der Waals surface area (Å²) in [5, 5.41) is 0. The van der Waals surface area contributed by atoms with Crippen LogP contribution in [0.25, 0.3) is 0 Å². The van der Waals surface area contributed by atoms with Gasteiger partial charge in [0, 0.05) is 3.57 Å². The summed E-state index contributed by atoms with van der Waals surface area (Å²) in [6.45, 7) is 6.66. The Morgan fingerprint density at radius 1 is 1.33 bits per heavy atom. The first-order valence-electron chi connectivity index (χ1n) is 4.34. The van der Waals surface area contributed by atoms with Crippen LogP contribution in [0.3, 0.4) is 0 Å². The molecule has 0 aromatic heterocycles. The maximum Gasteiger partial charge on any atom is 0.0165 e. The van der Waals surface area contributed by atoms with E-state index in [1.54, 1.807) is 0 Å². The van der Waals surface area contributed by atoms with Gasteiger partial charge in [-0.25, -0.2) is 0 Å². The van der Waals surface area contributed by atoms with Crippen LogP contribution in [0, 0.1) is 16.4 Å². The Morgan fingerprint density at radius 3 is 2.50 bits per heavy atom. The molecule has 0 nitrogen and oxygen atoms in total. The van der Waals surface area contributed by atoms with Gasteiger partial charge in [0.25, 0.3) is 0 Å². The van der Waals surface area contributed by atoms with Crippen LogP contribution in [0.2, 0.25) is 0 Å². The predicted molar refractivity (Wildman–Crippen MR) is 62.4 cm³/mol. The summed E-state index contributed by atoms with van der Waals surface area (Å²) in [5.74, 6) is 0.751. The van der Waals surface area contributed by atoms with Crippen LogP contribution < -0.4 is 0 Å². The van der Waals surface area contributed by atoms with E-state index in [-0.39, 0.29) is 0 Å². The van der Waals surface area contributed by atoms with Crippen LogP contribution in [0.15, 0.2) is 18.2 Å². The molecule has 0 aliphatic heterocycles. The molecule has 1 aromatic rings. The first-order valence-corrected chi connectivity index (χ1v) is 5.42. The topological polar surface area (TPSA) is 0 Å². The Balaban J connectivity index is 2.86. The van der Waals surface area contributed by atoms with Gasteiger partial charge < -0.3 is 0 Å². The average Bonchev–Trinajstić information content (AvgIpc) is 1.94. The van der Waals surface area contributed by atoms with Crippen LogP contribution in [0.4, 0.5) is 0 Å². The van der Waals surface area contributed by atoms with Crippen LogP contribution in [-0.4, -0.2) is 0 Å². The van der Waals surface area contributed by atoms with E-state index in [1.807, 2.05) is 0 Å². The van der Waals surface area contributed by atoms with Gasteiger partial charge in [-0.15, -0.1) is 0 Å². The van der Waals surface area contributed by atoms with Gasteiger partial charge >= 0.3 is 0 Å². The second-order valence-electron chi connectivity index (χ2n) is 3.69. The summed E-state index contributed by atoms with van der Waals surface area (Å²) < 4.78 is 1.40. The smallest absolute Gasteiger partial charge is 0.0165 e. The molecule has 0 aliphatic carbocycles. The zero-order valence-corrected chi connectivity index (χ0v) is 10.1. The lowest BCUT2D eigenvalue weighted by Gasteiger charge is -2.07. The van der Waals surface area contributed by atoms with Crippen molar-refractivity contribution in [3.63, 3.8) is 0 Å². The highest BCUT2D eigenvalue weighted by molar-refractivity contribution is 14.1. The molecule has 1 rings (SSSR count). The Labute approximate surface area is 88.5 Å². The van der Waals surface area contributed by atoms with E-state index in [0.717, 1.165) is 5.92 Å². The standard InChI is InChI=1S/C11H15I/c1-8(2)6-10-5-4-9(3)7-11(10)12/h4-5,7-8H,6H2,1-3H3. The Morgan fingerprint density at radius 2 is 2.00 bits per heavy atom. The summed E-state index contributed by atoms with van der Waals surface area (Å²) >= 11 is 2.42. The molecule has 0 amide bonds. The maximum atomic E-state index is 2.42. The first kappa shape index (κ1) is 10.0. The van der Waals surface area contributed by atoms with E-state index < -0.39 is 0 Å². The van der Waals surface area contributed by atoms with Crippen molar-refractivity contribution < 1.29 is 0 Å². The van der Waals surface area contributed by atoms with Crippen molar-refractivity contribution in [2.75, 3.05) is 0 Å². The quantitative estimate of drug-likeness (QED) is 0.720. The highest BCUT2D eigenvalue weighted by Crippen LogP contribution is 2.17. The van der Waals surface area contributed by atoms with Gasteiger partial charge in [-0.05, 0) is 53.5 Å². The molecule has 0 bridgehead atoms. The Bertz CT molecular complexity index is 264. The van der Waals surface area contributed by atoms with Gasteiger partial charge in [-0.2, -0.15) is 0 Å². The van der Waals surface area contributed by atoms with E-state index in [1.165, 1.54) is 21.1 Å². The summed E-state index contributed by atoms with van der Waals surface area (Å²) in [4.78, 5) is 0. The molecular weight excluding hydrogens is 259 g/mol. The number of hydrogen-bond acceptors (Lipinski definition) is 0. The van der Waals surface area contributed by atoms with Gasteiger partial charge in [0.05, 0.1) is 0 Å². The van der Waals surface area contributed by atoms with Crippen molar-refractivity contribution in [3.8, 4) is 0 Å². The minimum atomic E-state index is 0.751. The fraction of sp³-hybridized carbons (Fsp3) is 0.455. The van der Waals surface area contributed by atoms with E-state index >= 15 is 0 Å². The Hall–Kier alpha value is -0.0500. The van der Waals surface area contributed by atoms with Gasteiger partial charge in [0.1, 0.15) is 0 Å². The molecule has 1 aromatic carbocycles. The molecule has 12 heavy (non-hydrogen) atoms. The molecule has 0 saturated carbocycles. The molecule has 0 unspecified atom stereocenters. The summed E-state index contributed by atoms with van der Waals surface area (Å²) in [6.07, 6.45) is 1.19. The fourth-order valence-corrected chi connectivity index (χ4v) is 2.15. The lowest BCUT2D eigenvalue weighted by atomic mass is 10.0. The minimum Gasteiger partial charge on any atom is -0.0625 e. The zero-order valence-electron chi connectivity index (χ0n) is 7.89. The van der Waals surface area contributed by atoms with E-state index in [9.17, 15) is 0 Å². The second-order valence-corrected chi connectivity index (χ2v) is 4.86. The molecule has 0 fully saturated rings. The van der Waals surface area contributed by atoms with Crippen LogP contribution in [-0.2, 0) is 6.42 Å². The van der Waals surface area contributed by atoms with Crippen LogP contribution in [0.5, 0.6) is 0 Å². The van der Waals surface area contributed by atoms with Gasteiger partial charge in [-0.1, -0.05) is 31.5 Å². The predicted octanol–water partition coefficient (Wildman–Crippen LogP) is 3.80. The molecule has 0 saturated heterocycles. The van der Waals surface area contributed by atoms with Crippen LogP contribution >= 0.6 is 22.6 Å². The van der Waals surface area contributed by atoms with Crippen molar-refractivity contribution in [2.24, 2.45) is 5.92 Å². The molecule has 1 heteroatoms. The second kappa shape index (κ2) is 4.26. The SMILES string of the molecule is Cc1ccc(CC(C)C)c(I)c1. The minimum absolute atomic E-state index is 0.751. The first-order chi connectivity index (χ1) is 5.59. The fourth-order valence-electron chi connectivity index (χ4n) is 1.26. The lowest BCUT2D eigenvalue weighted by molar-refractivity contribution is 0.645.